The fourth-order valence-corrected chi connectivity index (χ4v) is 2.18. The van der Waals surface area contributed by atoms with Gasteiger partial charge in [-0.05, 0) is 19.8 Å². The molecule has 1 aliphatic heterocycles. The van der Waals surface area contributed by atoms with Gasteiger partial charge in [0, 0.05) is 46.5 Å². The minimum absolute atomic E-state index is 0.130. The summed E-state index contributed by atoms with van der Waals surface area (Å²) in [5.41, 5.74) is 0. The van der Waals surface area contributed by atoms with Crippen LogP contribution in [0.2, 0.25) is 0 Å². The van der Waals surface area contributed by atoms with Crippen LogP contribution in [0.3, 0.4) is 0 Å². The Morgan fingerprint density at radius 3 is 2.78 bits per heavy atom. The van der Waals surface area contributed by atoms with E-state index < -0.39 is 0 Å². The van der Waals surface area contributed by atoms with Gasteiger partial charge in [0.25, 0.3) is 0 Å². The standard InChI is InChI=1S/C13H28N2O3/c1-11(13-5-4-8-18-13)15-7-6-14-9-12(17-3)10-16-2/h11-15H,4-10H2,1-3H3. The Bertz CT molecular complexity index is 199. The highest BCUT2D eigenvalue weighted by atomic mass is 16.5. The molecule has 0 radical (unpaired) electrons. The Balaban J connectivity index is 1.97. The highest BCUT2D eigenvalue weighted by Gasteiger charge is 2.21. The van der Waals surface area contributed by atoms with E-state index >= 15 is 0 Å². The van der Waals surface area contributed by atoms with Crippen molar-refractivity contribution in [2.45, 2.75) is 38.0 Å². The summed E-state index contributed by atoms with van der Waals surface area (Å²) in [6.45, 7) is 6.44. The van der Waals surface area contributed by atoms with E-state index in [-0.39, 0.29) is 6.10 Å². The Morgan fingerprint density at radius 1 is 1.33 bits per heavy atom. The SMILES string of the molecule is COCC(CNCCNC(C)C1CCCO1)OC. The van der Waals surface area contributed by atoms with Crippen molar-refractivity contribution in [1.82, 2.24) is 10.6 Å². The lowest BCUT2D eigenvalue weighted by Crippen LogP contribution is -2.42. The van der Waals surface area contributed by atoms with Gasteiger partial charge < -0.3 is 24.8 Å². The zero-order valence-electron chi connectivity index (χ0n) is 11.9. The van der Waals surface area contributed by atoms with E-state index in [1.165, 1.54) is 12.8 Å². The zero-order chi connectivity index (χ0) is 13.2. The van der Waals surface area contributed by atoms with Crippen LogP contribution in [0.1, 0.15) is 19.8 Å². The third-order valence-corrected chi connectivity index (χ3v) is 3.35. The van der Waals surface area contributed by atoms with Crippen molar-refractivity contribution in [3.05, 3.63) is 0 Å². The first-order chi connectivity index (χ1) is 8.77. The van der Waals surface area contributed by atoms with E-state index in [0.29, 0.717) is 18.8 Å². The molecule has 2 N–H and O–H groups in total. The largest absolute Gasteiger partial charge is 0.382 e. The van der Waals surface area contributed by atoms with E-state index in [4.69, 9.17) is 14.2 Å². The third-order valence-electron chi connectivity index (χ3n) is 3.35. The molecule has 1 aliphatic rings. The Kier molecular flexibility index (Phi) is 8.54. The summed E-state index contributed by atoms with van der Waals surface area (Å²) in [7, 11) is 3.40. The van der Waals surface area contributed by atoms with Gasteiger partial charge in [0.2, 0.25) is 0 Å². The van der Waals surface area contributed by atoms with Crippen LogP contribution in [0.5, 0.6) is 0 Å². The average molecular weight is 260 g/mol. The molecule has 1 rings (SSSR count). The monoisotopic (exact) mass is 260 g/mol. The predicted octanol–water partition coefficient (Wildman–Crippen LogP) is 0.395. The Hall–Kier alpha value is -0.200. The quantitative estimate of drug-likeness (QED) is 0.557. The van der Waals surface area contributed by atoms with Gasteiger partial charge in [-0.2, -0.15) is 0 Å². The molecule has 0 aliphatic carbocycles. The van der Waals surface area contributed by atoms with Crippen LogP contribution in [0, 0.1) is 0 Å². The summed E-state index contributed by atoms with van der Waals surface area (Å²) in [5, 5.41) is 6.85. The lowest BCUT2D eigenvalue weighted by Gasteiger charge is -2.20. The molecule has 0 saturated carbocycles. The number of hydrogen-bond acceptors (Lipinski definition) is 5. The average Bonchev–Trinajstić information content (AvgIpc) is 2.90. The van der Waals surface area contributed by atoms with Crippen molar-refractivity contribution in [1.29, 1.82) is 0 Å². The van der Waals surface area contributed by atoms with E-state index in [0.717, 1.165) is 26.2 Å². The van der Waals surface area contributed by atoms with Crippen molar-refractivity contribution >= 4 is 0 Å². The van der Waals surface area contributed by atoms with Crippen molar-refractivity contribution in [2.24, 2.45) is 0 Å². The van der Waals surface area contributed by atoms with E-state index in [2.05, 4.69) is 17.6 Å². The van der Waals surface area contributed by atoms with Crippen molar-refractivity contribution in [3.63, 3.8) is 0 Å². The molecule has 5 nitrogen and oxygen atoms in total. The van der Waals surface area contributed by atoms with E-state index in [1.54, 1.807) is 14.2 Å². The number of hydrogen-bond donors (Lipinski definition) is 2. The van der Waals surface area contributed by atoms with Crippen molar-refractivity contribution in [3.8, 4) is 0 Å². The molecular formula is C13H28N2O3. The molecule has 0 aromatic heterocycles. The molecule has 108 valence electrons. The van der Waals surface area contributed by atoms with Crippen molar-refractivity contribution in [2.75, 3.05) is 47.1 Å². The maximum atomic E-state index is 5.64. The van der Waals surface area contributed by atoms with Gasteiger partial charge in [-0.15, -0.1) is 0 Å². The van der Waals surface area contributed by atoms with Gasteiger partial charge in [-0.1, -0.05) is 0 Å². The van der Waals surface area contributed by atoms with Crippen LogP contribution in [-0.4, -0.2) is 65.3 Å². The Morgan fingerprint density at radius 2 is 2.17 bits per heavy atom. The van der Waals surface area contributed by atoms with Crippen LogP contribution in [-0.2, 0) is 14.2 Å². The first-order valence-electron chi connectivity index (χ1n) is 6.85. The minimum atomic E-state index is 0.130. The molecule has 0 aromatic carbocycles. The van der Waals surface area contributed by atoms with Crippen LogP contribution >= 0.6 is 0 Å². The second-order valence-electron chi connectivity index (χ2n) is 4.81. The van der Waals surface area contributed by atoms with Gasteiger partial charge in [0.15, 0.2) is 0 Å². The van der Waals surface area contributed by atoms with E-state index in [9.17, 15) is 0 Å². The summed E-state index contributed by atoms with van der Waals surface area (Å²) >= 11 is 0. The fraction of sp³-hybridized carbons (Fsp3) is 1.00. The molecule has 5 heteroatoms. The molecule has 1 fully saturated rings. The normalized spacial score (nSPS) is 23.2. The summed E-state index contributed by atoms with van der Waals surface area (Å²) in [6.07, 6.45) is 2.90. The smallest absolute Gasteiger partial charge is 0.0928 e. The maximum absolute atomic E-state index is 5.64. The molecule has 0 aromatic rings. The summed E-state index contributed by atoms with van der Waals surface area (Å²) in [6, 6.07) is 0.437. The van der Waals surface area contributed by atoms with Gasteiger partial charge in [0.05, 0.1) is 18.8 Å². The van der Waals surface area contributed by atoms with Crippen LogP contribution in [0.25, 0.3) is 0 Å². The lowest BCUT2D eigenvalue weighted by atomic mass is 10.1. The molecule has 0 spiro atoms. The topological polar surface area (TPSA) is 51.8 Å². The molecule has 0 bridgehead atoms. The van der Waals surface area contributed by atoms with Crippen LogP contribution in [0.4, 0.5) is 0 Å². The van der Waals surface area contributed by atoms with E-state index in [1.807, 2.05) is 0 Å². The van der Waals surface area contributed by atoms with Gasteiger partial charge >= 0.3 is 0 Å². The fourth-order valence-electron chi connectivity index (χ4n) is 2.18. The first kappa shape index (κ1) is 15.9. The molecular weight excluding hydrogens is 232 g/mol. The second kappa shape index (κ2) is 9.69. The minimum Gasteiger partial charge on any atom is -0.382 e. The number of ether oxygens (including phenoxy) is 3. The molecule has 1 heterocycles. The highest BCUT2D eigenvalue weighted by Crippen LogP contribution is 2.14. The third kappa shape index (κ3) is 6.11. The zero-order valence-corrected chi connectivity index (χ0v) is 11.9. The first-order valence-corrected chi connectivity index (χ1v) is 6.85. The maximum Gasteiger partial charge on any atom is 0.0928 e. The molecule has 18 heavy (non-hydrogen) atoms. The molecule has 0 amide bonds. The molecule has 3 unspecified atom stereocenters. The number of methoxy groups -OCH3 is 2. The van der Waals surface area contributed by atoms with Gasteiger partial charge in [-0.25, -0.2) is 0 Å². The van der Waals surface area contributed by atoms with Crippen molar-refractivity contribution < 1.29 is 14.2 Å². The number of nitrogens with one attached hydrogen (secondary N) is 2. The molecule has 3 atom stereocenters. The summed E-state index contributed by atoms with van der Waals surface area (Å²) in [4.78, 5) is 0. The lowest BCUT2D eigenvalue weighted by molar-refractivity contribution is 0.0290. The van der Waals surface area contributed by atoms with Gasteiger partial charge in [0.1, 0.15) is 0 Å². The van der Waals surface area contributed by atoms with Gasteiger partial charge in [-0.3, -0.25) is 0 Å². The highest BCUT2D eigenvalue weighted by molar-refractivity contribution is 4.76. The van der Waals surface area contributed by atoms with Crippen LogP contribution < -0.4 is 10.6 Å². The Labute approximate surface area is 111 Å². The predicted molar refractivity (Wildman–Crippen MR) is 72.0 cm³/mol. The number of rotatable bonds is 10. The molecule has 1 saturated heterocycles. The summed E-state index contributed by atoms with van der Waals surface area (Å²) in [5.74, 6) is 0. The van der Waals surface area contributed by atoms with Crippen LogP contribution in [0.15, 0.2) is 0 Å². The summed E-state index contributed by atoms with van der Waals surface area (Å²) < 4.78 is 16.0. The second-order valence-corrected chi connectivity index (χ2v) is 4.81.